The Hall–Kier alpha value is -3.01. The molecule has 132 valence electrons. The van der Waals surface area contributed by atoms with Gasteiger partial charge in [0.25, 0.3) is 0 Å². The lowest BCUT2D eigenvalue weighted by atomic mass is 10.1. The van der Waals surface area contributed by atoms with Crippen LogP contribution >= 0.6 is 0 Å². The molecule has 1 aromatic heterocycles. The molecule has 0 spiro atoms. The molecule has 0 aliphatic heterocycles. The topological polar surface area (TPSA) is 54.3 Å². The molecular weight excluding hydrogens is 324 g/mol. The fourth-order valence-electron chi connectivity index (χ4n) is 3.26. The van der Waals surface area contributed by atoms with E-state index in [0.717, 1.165) is 23.6 Å². The normalized spacial score (nSPS) is 19.6. The monoisotopic (exact) mass is 346 g/mol. The van der Waals surface area contributed by atoms with Crippen molar-refractivity contribution >= 4 is 17.3 Å². The second-order valence-corrected chi connectivity index (χ2v) is 6.81. The molecule has 1 amide bonds. The molecule has 4 heteroatoms. The van der Waals surface area contributed by atoms with Crippen LogP contribution in [0.3, 0.4) is 0 Å². The van der Waals surface area contributed by atoms with Crippen molar-refractivity contribution in [2.75, 3.05) is 10.6 Å². The second kappa shape index (κ2) is 7.08. The molecule has 3 aromatic rings. The Kier molecular flexibility index (Phi) is 4.48. The third-order valence-electron chi connectivity index (χ3n) is 4.87. The van der Waals surface area contributed by atoms with Gasteiger partial charge in [-0.25, -0.2) is 0 Å². The molecule has 2 aromatic carbocycles. The van der Waals surface area contributed by atoms with Crippen molar-refractivity contribution in [2.24, 2.45) is 5.92 Å². The summed E-state index contributed by atoms with van der Waals surface area (Å²) in [6.07, 6.45) is 2.51. The first kappa shape index (κ1) is 16.5. The van der Waals surface area contributed by atoms with Gasteiger partial charge in [-0.15, -0.1) is 0 Å². The van der Waals surface area contributed by atoms with Gasteiger partial charge in [0.05, 0.1) is 6.26 Å². The van der Waals surface area contributed by atoms with Gasteiger partial charge in [0.1, 0.15) is 5.76 Å². The van der Waals surface area contributed by atoms with Gasteiger partial charge in [-0.2, -0.15) is 0 Å². The fraction of sp³-hybridized carbons (Fsp3) is 0.227. The van der Waals surface area contributed by atoms with E-state index in [1.54, 1.807) is 6.26 Å². The number of amides is 1. The lowest BCUT2D eigenvalue weighted by Crippen LogP contribution is -2.14. The molecule has 0 bridgehead atoms. The van der Waals surface area contributed by atoms with Crippen LogP contribution in [0.4, 0.5) is 11.4 Å². The number of benzene rings is 2. The maximum absolute atomic E-state index is 12.4. The Balaban J connectivity index is 1.32. The lowest BCUT2D eigenvalue weighted by Gasteiger charge is -2.16. The predicted molar refractivity (Wildman–Crippen MR) is 103 cm³/mol. The zero-order valence-electron chi connectivity index (χ0n) is 14.7. The van der Waals surface area contributed by atoms with E-state index in [4.69, 9.17) is 4.42 Å². The Bertz CT molecular complexity index is 857. The van der Waals surface area contributed by atoms with Gasteiger partial charge >= 0.3 is 0 Å². The number of carbonyl (C=O) groups excluding carboxylic acids is 1. The van der Waals surface area contributed by atoms with Crippen LogP contribution in [-0.2, 0) is 4.79 Å². The fourth-order valence-corrected chi connectivity index (χ4v) is 3.26. The summed E-state index contributed by atoms with van der Waals surface area (Å²) in [4.78, 5) is 12.4. The molecule has 2 N–H and O–H groups in total. The number of hydrogen-bond acceptors (Lipinski definition) is 3. The van der Waals surface area contributed by atoms with Gasteiger partial charge < -0.3 is 15.1 Å². The van der Waals surface area contributed by atoms with Crippen LogP contribution in [0.1, 0.15) is 36.6 Å². The van der Waals surface area contributed by atoms with Crippen LogP contribution in [0.2, 0.25) is 0 Å². The average Bonchev–Trinajstić information content (AvgIpc) is 3.29. The standard InChI is InChI=1S/C22H22N2O2/c1-15(16-6-3-2-4-7-16)23-17-9-11-18(12-10-17)24-22(25)20-14-19(20)21-8-5-13-26-21/h2-13,15,19-20,23H,14H2,1H3,(H,24,25). The largest absolute Gasteiger partial charge is 0.469 e. The SMILES string of the molecule is CC(Nc1ccc(NC(=O)C2CC2c2ccco2)cc1)c1ccccc1. The van der Waals surface area contributed by atoms with Crippen LogP contribution in [0, 0.1) is 5.92 Å². The molecule has 1 heterocycles. The number of furan rings is 1. The average molecular weight is 346 g/mol. The van der Waals surface area contributed by atoms with E-state index in [2.05, 4.69) is 29.7 Å². The highest BCUT2D eigenvalue weighted by molar-refractivity contribution is 5.95. The quantitative estimate of drug-likeness (QED) is 0.645. The van der Waals surface area contributed by atoms with E-state index in [0.29, 0.717) is 0 Å². The zero-order chi connectivity index (χ0) is 17.9. The van der Waals surface area contributed by atoms with Crippen molar-refractivity contribution in [3.8, 4) is 0 Å². The molecule has 3 atom stereocenters. The predicted octanol–water partition coefficient (Wildman–Crippen LogP) is 5.19. The van der Waals surface area contributed by atoms with Gasteiger partial charge in [-0.05, 0) is 55.3 Å². The molecule has 4 nitrogen and oxygen atoms in total. The highest BCUT2D eigenvalue weighted by Gasteiger charge is 2.45. The summed E-state index contributed by atoms with van der Waals surface area (Å²) in [7, 11) is 0. The number of rotatable bonds is 6. The second-order valence-electron chi connectivity index (χ2n) is 6.81. The van der Waals surface area contributed by atoms with Gasteiger partial charge in [-0.1, -0.05) is 30.3 Å². The molecule has 4 rings (SSSR count). The van der Waals surface area contributed by atoms with Crippen molar-refractivity contribution in [1.29, 1.82) is 0 Å². The van der Waals surface area contributed by atoms with E-state index >= 15 is 0 Å². The van der Waals surface area contributed by atoms with E-state index in [1.165, 1.54) is 5.56 Å². The van der Waals surface area contributed by atoms with E-state index in [9.17, 15) is 4.79 Å². The number of hydrogen-bond donors (Lipinski definition) is 2. The van der Waals surface area contributed by atoms with Crippen molar-refractivity contribution in [3.63, 3.8) is 0 Å². The highest BCUT2D eigenvalue weighted by Crippen LogP contribution is 2.48. The highest BCUT2D eigenvalue weighted by atomic mass is 16.3. The maximum atomic E-state index is 12.4. The zero-order valence-corrected chi connectivity index (χ0v) is 14.7. The van der Waals surface area contributed by atoms with Gasteiger partial charge in [-0.3, -0.25) is 4.79 Å². The molecule has 1 aliphatic rings. The number of nitrogens with one attached hydrogen (secondary N) is 2. The Labute approximate surface area is 153 Å². The van der Waals surface area contributed by atoms with Crippen LogP contribution in [-0.4, -0.2) is 5.91 Å². The van der Waals surface area contributed by atoms with Crippen LogP contribution < -0.4 is 10.6 Å². The summed E-state index contributed by atoms with van der Waals surface area (Å²) in [5.74, 6) is 1.19. The minimum atomic E-state index is 0.0112. The lowest BCUT2D eigenvalue weighted by molar-refractivity contribution is -0.117. The van der Waals surface area contributed by atoms with Crippen molar-refractivity contribution in [1.82, 2.24) is 0 Å². The first-order valence-corrected chi connectivity index (χ1v) is 8.96. The van der Waals surface area contributed by atoms with E-state index in [1.807, 2.05) is 54.6 Å². The Morgan fingerprint density at radius 1 is 1.00 bits per heavy atom. The molecule has 0 radical (unpaired) electrons. The first-order valence-electron chi connectivity index (χ1n) is 8.96. The minimum absolute atomic E-state index is 0.0112. The summed E-state index contributed by atoms with van der Waals surface area (Å²) < 4.78 is 5.39. The molecule has 26 heavy (non-hydrogen) atoms. The molecule has 1 fully saturated rings. The van der Waals surface area contributed by atoms with E-state index in [-0.39, 0.29) is 23.8 Å². The van der Waals surface area contributed by atoms with Gasteiger partial charge in [0, 0.05) is 29.3 Å². The van der Waals surface area contributed by atoms with Gasteiger partial charge in [0.2, 0.25) is 5.91 Å². The van der Waals surface area contributed by atoms with Crippen molar-refractivity contribution < 1.29 is 9.21 Å². The van der Waals surface area contributed by atoms with E-state index < -0.39 is 0 Å². The Morgan fingerprint density at radius 3 is 2.42 bits per heavy atom. The Morgan fingerprint density at radius 2 is 1.73 bits per heavy atom. The van der Waals surface area contributed by atoms with Crippen LogP contribution in [0.5, 0.6) is 0 Å². The number of anilines is 2. The molecule has 3 unspecified atom stereocenters. The molecule has 1 saturated carbocycles. The van der Waals surface area contributed by atoms with Crippen molar-refractivity contribution in [3.05, 3.63) is 84.3 Å². The molecule has 0 saturated heterocycles. The number of carbonyl (C=O) groups is 1. The summed E-state index contributed by atoms with van der Waals surface area (Å²) in [6.45, 7) is 2.13. The third kappa shape index (κ3) is 3.64. The summed E-state index contributed by atoms with van der Waals surface area (Å²) in [5.41, 5.74) is 3.08. The summed E-state index contributed by atoms with van der Waals surface area (Å²) >= 11 is 0. The first-order chi connectivity index (χ1) is 12.7. The van der Waals surface area contributed by atoms with Crippen molar-refractivity contribution in [2.45, 2.75) is 25.3 Å². The summed E-state index contributed by atoms with van der Waals surface area (Å²) in [6, 6.07) is 22.2. The third-order valence-corrected chi connectivity index (χ3v) is 4.87. The summed E-state index contributed by atoms with van der Waals surface area (Å²) in [5, 5.41) is 6.47. The smallest absolute Gasteiger partial charge is 0.228 e. The molecule has 1 aliphatic carbocycles. The minimum Gasteiger partial charge on any atom is -0.469 e. The molecular formula is C22H22N2O2. The van der Waals surface area contributed by atoms with Crippen LogP contribution in [0.15, 0.2) is 77.4 Å². The van der Waals surface area contributed by atoms with Crippen LogP contribution in [0.25, 0.3) is 0 Å². The van der Waals surface area contributed by atoms with Gasteiger partial charge in [0.15, 0.2) is 0 Å². The maximum Gasteiger partial charge on any atom is 0.228 e.